The Morgan fingerprint density at radius 3 is 2.48 bits per heavy atom. The molecule has 3 rings (SSSR count). The number of hydrogen-bond acceptors (Lipinski definition) is 5. The standard InChI is InChI=1S/C20H25NO4/c1-21-9-8-14-11-20(25-3)18(23)12-15(14)16(21)6-4-13-5-7-17(22)19(10-13)24-2/h5,7,10-12,16,22-23H,4,6,8-9H2,1-3H3/t16-/m0/s1. The lowest BCUT2D eigenvalue weighted by Crippen LogP contribution is -2.32. The Labute approximate surface area is 148 Å². The molecule has 0 fully saturated rings. The molecule has 1 aliphatic rings. The smallest absolute Gasteiger partial charge is 0.160 e. The highest BCUT2D eigenvalue weighted by Crippen LogP contribution is 2.39. The first-order valence-electron chi connectivity index (χ1n) is 8.49. The van der Waals surface area contributed by atoms with Crippen molar-refractivity contribution in [3.63, 3.8) is 0 Å². The number of likely N-dealkylation sites (N-methyl/N-ethyl adjacent to an activating group) is 1. The third-order valence-corrected chi connectivity index (χ3v) is 5.02. The van der Waals surface area contributed by atoms with Gasteiger partial charge in [-0.3, -0.25) is 4.90 Å². The van der Waals surface area contributed by atoms with Gasteiger partial charge in [-0.15, -0.1) is 0 Å². The van der Waals surface area contributed by atoms with Gasteiger partial charge >= 0.3 is 0 Å². The summed E-state index contributed by atoms with van der Waals surface area (Å²) in [5.41, 5.74) is 3.52. The predicted molar refractivity (Wildman–Crippen MR) is 96.7 cm³/mol. The molecule has 2 N–H and O–H groups in total. The van der Waals surface area contributed by atoms with Crippen molar-refractivity contribution in [1.29, 1.82) is 0 Å². The topological polar surface area (TPSA) is 62.2 Å². The molecule has 0 unspecified atom stereocenters. The van der Waals surface area contributed by atoms with Crippen LogP contribution >= 0.6 is 0 Å². The van der Waals surface area contributed by atoms with Crippen molar-refractivity contribution < 1.29 is 19.7 Å². The van der Waals surface area contributed by atoms with E-state index in [9.17, 15) is 10.2 Å². The molecule has 0 aliphatic carbocycles. The highest BCUT2D eigenvalue weighted by atomic mass is 16.5. The zero-order chi connectivity index (χ0) is 18.0. The number of phenols is 2. The van der Waals surface area contributed by atoms with Gasteiger partial charge in [0.25, 0.3) is 0 Å². The van der Waals surface area contributed by atoms with Crippen LogP contribution in [0.5, 0.6) is 23.0 Å². The lowest BCUT2D eigenvalue weighted by atomic mass is 9.89. The van der Waals surface area contributed by atoms with E-state index in [-0.39, 0.29) is 17.5 Å². The Bertz CT molecular complexity index is 760. The third-order valence-electron chi connectivity index (χ3n) is 5.02. The maximum atomic E-state index is 10.2. The second-order valence-corrected chi connectivity index (χ2v) is 6.51. The fourth-order valence-electron chi connectivity index (χ4n) is 3.56. The SMILES string of the molecule is COc1cc(CC[C@H]2c3cc(O)c(OC)cc3CCN2C)ccc1O. The Hall–Kier alpha value is -2.40. The summed E-state index contributed by atoms with van der Waals surface area (Å²) in [6.45, 7) is 0.977. The summed E-state index contributed by atoms with van der Waals surface area (Å²) in [5.74, 6) is 1.37. The van der Waals surface area contributed by atoms with Crippen LogP contribution in [0, 0.1) is 0 Å². The molecule has 0 aromatic heterocycles. The van der Waals surface area contributed by atoms with Crippen LogP contribution in [0.25, 0.3) is 0 Å². The molecule has 0 amide bonds. The fourth-order valence-corrected chi connectivity index (χ4v) is 3.56. The van der Waals surface area contributed by atoms with Gasteiger partial charge in [0.1, 0.15) is 0 Å². The van der Waals surface area contributed by atoms with E-state index in [0.717, 1.165) is 36.9 Å². The second-order valence-electron chi connectivity index (χ2n) is 6.51. The molecular formula is C20H25NO4. The van der Waals surface area contributed by atoms with Crippen LogP contribution in [0.1, 0.15) is 29.2 Å². The molecule has 0 saturated heterocycles. The van der Waals surface area contributed by atoms with E-state index < -0.39 is 0 Å². The lowest BCUT2D eigenvalue weighted by molar-refractivity contribution is 0.218. The van der Waals surface area contributed by atoms with E-state index in [4.69, 9.17) is 9.47 Å². The molecule has 0 saturated carbocycles. The molecule has 0 radical (unpaired) electrons. The van der Waals surface area contributed by atoms with Gasteiger partial charge in [-0.1, -0.05) is 6.07 Å². The molecule has 1 heterocycles. The summed E-state index contributed by atoms with van der Waals surface area (Å²) in [6.07, 6.45) is 2.73. The van der Waals surface area contributed by atoms with Crippen molar-refractivity contribution in [2.75, 3.05) is 27.8 Å². The van der Waals surface area contributed by atoms with Gasteiger partial charge in [0.05, 0.1) is 14.2 Å². The molecule has 1 aliphatic heterocycles. The van der Waals surface area contributed by atoms with Crippen LogP contribution in [0.15, 0.2) is 30.3 Å². The largest absolute Gasteiger partial charge is 0.504 e. The molecular weight excluding hydrogens is 318 g/mol. The van der Waals surface area contributed by atoms with Crippen molar-refractivity contribution in [2.24, 2.45) is 0 Å². The Morgan fingerprint density at radius 1 is 1.04 bits per heavy atom. The van der Waals surface area contributed by atoms with E-state index in [1.165, 1.54) is 5.56 Å². The molecule has 1 atom stereocenters. The molecule has 134 valence electrons. The van der Waals surface area contributed by atoms with Crippen LogP contribution in [0.3, 0.4) is 0 Å². The van der Waals surface area contributed by atoms with E-state index >= 15 is 0 Å². The number of phenolic OH excluding ortho intramolecular Hbond substituents is 2. The quantitative estimate of drug-likeness (QED) is 0.872. The number of aryl methyl sites for hydroxylation is 1. The van der Waals surface area contributed by atoms with Crippen molar-refractivity contribution in [1.82, 2.24) is 4.90 Å². The molecule has 5 nitrogen and oxygen atoms in total. The minimum atomic E-state index is 0.156. The molecule has 2 aromatic rings. The number of methoxy groups -OCH3 is 2. The fraction of sp³-hybridized carbons (Fsp3) is 0.400. The van der Waals surface area contributed by atoms with Crippen LogP contribution < -0.4 is 9.47 Å². The number of ether oxygens (including phenoxy) is 2. The van der Waals surface area contributed by atoms with Gasteiger partial charge in [-0.05, 0) is 67.3 Å². The number of rotatable bonds is 5. The minimum Gasteiger partial charge on any atom is -0.504 e. The molecule has 5 heteroatoms. The van der Waals surface area contributed by atoms with Gasteiger partial charge < -0.3 is 19.7 Å². The summed E-state index contributed by atoms with van der Waals surface area (Å²) >= 11 is 0. The van der Waals surface area contributed by atoms with Crippen molar-refractivity contribution >= 4 is 0 Å². The second kappa shape index (κ2) is 7.23. The minimum absolute atomic E-state index is 0.156. The monoisotopic (exact) mass is 343 g/mol. The summed E-state index contributed by atoms with van der Waals surface area (Å²) in [6, 6.07) is 9.50. The zero-order valence-electron chi connectivity index (χ0n) is 15.0. The first-order chi connectivity index (χ1) is 12.0. The van der Waals surface area contributed by atoms with Crippen LogP contribution in [-0.4, -0.2) is 42.9 Å². The van der Waals surface area contributed by atoms with Gasteiger partial charge in [0.2, 0.25) is 0 Å². The number of benzene rings is 2. The van der Waals surface area contributed by atoms with Gasteiger partial charge in [-0.2, -0.15) is 0 Å². The summed E-state index contributed by atoms with van der Waals surface area (Å²) in [4.78, 5) is 2.33. The highest BCUT2D eigenvalue weighted by molar-refractivity contribution is 5.49. The average molecular weight is 343 g/mol. The van der Waals surface area contributed by atoms with Crippen LogP contribution in [0.4, 0.5) is 0 Å². The maximum absolute atomic E-state index is 10.2. The van der Waals surface area contributed by atoms with Crippen LogP contribution in [0.2, 0.25) is 0 Å². The summed E-state index contributed by atoms with van der Waals surface area (Å²) < 4.78 is 10.4. The van der Waals surface area contributed by atoms with E-state index in [2.05, 4.69) is 11.9 Å². The van der Waals surface area contributed by atoms with Crippen LogP contribution in [-0.2, 0) is 12.8 Å². The van der Waals surface area contributed by atoms with E-state index in [1.54, 1.807) is 20.3 Å². The van der Waals surface area contributed by atoms with E-state index in [1.807, 2.05) is 24.3 Å². The first kappa shape index (κ1) is 17.4. The van der Waals surface area contributed by atoms with Crippen molar-refractivity contribution in [2.45, 2.75) is 25.3 Å². The van der Waals surface area contributed by atoms with Gasteiger partial charge in [-0.25, -0.2) is 0 Å². The molecule has 2 aromatic carbocycles. The maximum Gasteiger partial charge on any atom is 0.160 e. The number of nitrogens with zero attached hydrogens (tertiary/aromatic N) is 1. The van der Waals surface area contributed by atoms with Gasteiger partial charge in [0.15, 0.2) is 23.0 Å². The van der Waals surface area contributed by atoms with Crippen molar-refractivity contribution in [3.05, 3.63) is 47.0 Å². The summed E-state index contributed by atoms with van der Waals surface area (Å²) in [5, 5.41) is 19.9. The third kappa shape index (κ3) is 3.51. The molecule has 0 bridgehead atoms. The Morgan fingerprint density at radius 2 is 1.76 bits per heavy atom. The molecule has 25 heavy (non-hydrogen) atoms. The first-order valence-corrected chi connectivity index (χ1v) is 8.49. The highest BCUT2D eigenvalue weighted by Gasteiger charge is 2.26. The number of aromatic hydroxyl groups is 2. The Kier molecular flexibility index (Phi) is 5.04. The van der Waals surface area contributed by atoms with Crippen molar-refractivity contribution in [3.8, 4) is 23.0 Å². The van der Waals surface area contributed by atoms with E-state index in [0.29, 0.717) is 11.5 Å². The summed E-state index contributed by atoms with van der Waals surface area (Å²) in [7, 11) is 5.25. The lowest BCUT2D eigenvalue weighted by Gasteiger charge is -2.35. The number of hydrogen-bond donors (Lipinski definition) is 2. The average Bonchev–Trinajstić information content (AvgIpc) is 2.61. The van der Waals surface area contributed by atoms with Gasteiger partial charge in [0, 0.05) is 12.6 Å². The number of fused-ring (bicyclic) bond motifs is 1. The normalized spacial score (nSPS) is 17.2. The predicted octanol–water partition coefficient (Wildman–Crippen LogP) is 3.28. The zero-order valence-corrected chi connectivity index (χ0v) is 15.0. The Balaban J connectivity index is 1.82. The molecule has 0 spiro atoms.